The summed E-state index contributed by atoms with van der Waals surface area (Å²) in [5.74, 6) is 0.975. The fourth-order valence-corrected chi connectivity index (χ4v) is 3.36. The van der Waals surface area contributed by atoms with Crippen LogP contribution < -0.4 is 9.64 Å². The standard InChI is InChI=1S/C21H20FN3O3/c1-3-27-17-8-5-14(6-9-17)20-23-21(28-24-20)15-10-19(26)25(12-15)18-11-16(22)7-4-13(18)2/h4-9,11,15H,3,10,12H2,1-2H3. The first-order chi connectivity index (χ1) is 13.5. The van der Waals surface area contributed by atoms with E-state index in [9.17, 15) is 9.18 Å². The Labute approximate surface area is 161 Å². The number of hydrogen-bond donors (Lipinski definition) is 0. The van der Waals surface area contributed by atoms with Crippen LogP contribution in [0.5, 0.6) is 5.75 Å². The average Bonchev–Trinajstić information content (AvgIpc) is 3.32. The number of aromatic nitrogens is 2. The van der Waals surface area contributed by atoms with Crippen molar-refractivity contribution < 1.29 is 18.4 Å². The van der Waals surface area contributed by atoms with Gasteiger partial charge >= 0.3 is 0 Å². The lowest BCUT2D eigenvalue weighted by Gasteiger charge is -2.18. The van der Waals surface area contributed by atoms with E-state index in [-0.39, 0.29) is 24.1 Å². The number of ether oxygens (including phenoxy) is 1. The highest BCUT2D eigenvalue weighted by Crippen LogP contribution is 2.33. The third kappa shape index (κ3) is 3.47. The molecular weight excluding hydrogens is 361 g/mol. The molecule has 1 aliphatic rings. The highest BCUT2D eigenvalue weighted by molar-refractivity contribution is 5.97. The number of halogens is 1. The van der Waals surface area contributed by atoms with Gasteiger partial charge < -0.3 is 14.2 Å². The predicted molar refractivity (Wildman–Crippen MR) is 102 cm³/mol. The van der Waals surface area contributed by atoms with Gasteiger partial charge in [-0.1, -0.05) is 11.2 Å². The summed E-state index contributed by atoms with van der Waals surface area (Å²) in [4.78, 5) is 18.6. The first-order valence-corrected chi connectivity index (χ1v) is 9.18. The Kier molecular flexibility index (Phi) is 4.81. The number of hydrogen-bond acceptors (Lipinski definition) is 5. The van der Waals surface area contributed by atoms with E-state index < -0.39 is 0 Å². The third-order valence-electron chi connectivity index (χ3n) is 4.80. The monoisotopic (exact) mass is 381 g/mol. The van der Waals surface area contributed by atoms with Gasteiger partial charge in [-0.3, -0.25) is 4.79 Å². The van der Waals surface area contributed by atoms with Gasteiger partial charge in [-0.15, -0.1) is 0 Å². The Bertz CT molecular complexity index is 1000. The zero-order chi connectivity index (χ0) is 19.7. The molecule has 1 saturated heterocycles. The predicted octanol–water partition coefficient (Wildman–Crippen LogP) is 4.10. The summed E-state index contributed by atoms with van der Waals surface area (Å²) in [7, 11) is 0. The molecule has 6 nitrogen and oxygen atoms in total. The molecule has 0 saturated carbocycles. The molecule has 0 spiro atoms. The Morgan fingerprint density at radius 3 is 2.79 bits per heavy atom. The van der Waals surface area contributed by atoms with Crippen LogP contribution in [-0.2, 0) is 4.79 Å². The highest BCUT2D eigenvalue weighted by atomic mass is 19.1. The summed E-state index contributed by atoms with van der Waals surface area (Å²) in [5.41, 5.74) is 2.23. The molecule has 2 aromatic carbocycles. The topological polar surface area (TPSA) is 68.5 Å². The smallest absolute Gasteiger partial charge is 0.232 e. The van der Waals surface area contributed by atoms with Crippen molar-refractivity contribution in [1.82, 2.24) is 10.1 Å². The molecule has 7 heteroatoms. The van der Waals surface area contributed by atoms with Crippen molar-refractivity contribution in [3.05, 3.63) is 59.7 Å². The lowest BCUT2D eigenvalue weighted by atomic mass is 10.1. The molecule has 1 fully saturated rings. The third-order valence-corrected chi connectivity index (χ3v) is 4.80. The van der Waals surface area contributed by atoms with Gasteiger partial charge in [-0.05, 0) is 55.8 Å². The second-order valence-electron chi connectivity index (χ2n) is 6.75. The summed E-state index contributed by atoms with van der Waals surface area (Å²) in [5, 5.41) is 4.04. The minimum atomic E-state index is -0.368. The number of aryl methyl sites for hydroxylation is 1. The van der Waals surface area contributed by atoms with Crippen LogP contribution in [0.1, 0.15) is 30.7 Å². The van der Waals surface area contributed by atoms with Crippen LogP contribution in [-0.4, -0.2) is 29.2 Å². The Hall–Kier alpha value is -3.22. The van der Waals surface area contributed by atoms with Crippen molar-refractivity contribution in [2.24, 2.45) is 0 Å². The lowest BCUT2D eigenvalue weighted by Crippen LogP contribution is -2.25. The molecule has 144 valence electrons. The van der Waals surface area contributed by atoms with Crippen LogP contribution in [0, 0.1) is 12.7 Å². The molecule has 2 heterocycles. The summed E-state index contributed by atoms with van der Waals surface area (Å²) in [6, 6.07) is 11.9. The maximum Gasteiger partial charge on any atom is 0.232 e. The van der Waals surface area contributed by atoms with E-state index in [1.165, 1.54) is 12.1 Å². The van der Waals surface area contributed by atoms with Crippen LogP contribution in [0.25, 0.3) is 11.4 Å². The first kappa shape index (κ1) is 18.2. The second-order valence-corrected chi connectivity index (χ2v) is 6.75. The Morgan fingerprint density at radius 1 is 1.25 bits per heavy atom. The van der Waals surface area contributed by atoms with Crippen LogP contribution in [0.3, 0.4) is 0 Å². The molecule has 1 amide bonds. The van der Waals surface area contributed by atoms with Crippen molar-refractivity contribution in [2.45, 2.75) is 26.2 Å². The van der Waals surface area contributed by atoms with Crippen LogP contribution in [0.15, 0.2) is 47.0 Å². The number of carbonyl (C=O) groups is 1. The minimum Gasteiger partial charge on any atom is -0.494 e. The molecule has 1 aliphatic heterocycles. The fraction of sp³-hybridized carbons (Fsp3) is 0.286. The summed E-state index contributed by atoms with van der Waals surface area (Å²) < 4.78 is 24.5. The molecule has 0 radical (unpaired) electrons. The van der Waals surface area contributed by atoms with E-state index in [0.29, 0.717) is 30.6 Å². The van der Waals surface area contributed by atoms with E-state index >= 15 is 0 Å². The van der Waals surface area contributed by atoms with E-state index in [2.05, 4.69) is 10.1 Å². The summed E-state index contributed by atoms with van der Waals surface area (Å²) >= 11 is 0. The van der Waals surface area contributed by atoms with Crippen LogP contribution >= 0.6 is 0 Å². The van der Waals surface area contributed by atoms with Crippen molar-refractivity contribution in [2.75, 3.05) is 18.1 Å². The highest BCUT2D eigenvalue weighted by Gasteiger charge is 2.35. The average molecular weight is 381 g/mol. The maximum atomic E-state index is 13.6. The van der Waals surface area contributed by atoms with Crippen molar-refractivity contribution >= 4 is 11.6 Å². The van der Waals surface area contributed by atoms with Gasteiger partial charge in [0.1, 0.15) is 11.6 Å². The van der Waals surface area contributed by atoms with Gasteiger partial charge in [-0.2, -0.15) is 4.98 Å². The summed E-state index contributed by atoms with van der Waals surface area (Å²) in [6.07, 6.45) is 0.251. The van der Waals surface area contributed by atoms with Gasteiger partial charge in [0.2, 0.25) is 17.6 Å². The molecule has 0 bridgehead atoms. The Balaban J connectivity index is 1.53. The van der Waals surface area contributed by atoms with Gasteiger partial charge in [0.05, 0.1) is 12.5 Å². The minimum absolute atomic E-state index is 0.0838. The SMILES string of the molecule is CCOc1ccc(-c2noc(C3CC(=O)N(c4cc(F)ccc4C)C3)n2)cc1. The van der Waals surface area contributed by atoms with Crippen molar-refractivity contribution in [3.8, 4) is 17.1 Å². The molecule has 1 atom stereocenters. The molecule has 4 rings (SSSR count). The first-order valence-electron chi connectivity index (χ1n) is 9.18. The van der Waals surface area contributed by atoms with Gasteiger partial charge in [-0.25, -0.2) is 4.39 Å². The maximum absolute atomic E-state index is 13.6. The number of anilines is 1. The summed E-state index contributed by atoms with van der Waals surface area (Å²) in [6.45, 7) is 4.76. The van der Waals surface area contributed by atoms with Crippen LogP contribution in [0.2, 0.25) is 0 Å². The molecule has 28 heavy (non-hydrogen) atoms. The number of amides is 1. The lowest BCUT2D eigenvalue weighted by molar-refractivity contribution is -0.117. The normalized spacial score (nSPS) is 16.6. The number of nitrogens with zero attached hydrogens (tertiary/aromatic N) is 3. The van der Waals surface area contributed by atoms with E-state index in [1.54, 1.807) is 11.0 Å². The molecule has 1 unspecified atom stereocenters. The number of benzene rings is 2. The van der Waals surface area contributed by atoms with Gasteiger partial charge in [0.15, 0.2) is 0 Å². The molecule has 1 aromatic heterocycles. The van der Waals surface area contributed by atoms with Crippen molar-refractivity contribution in [1.29, 1.82) is 0 Å². The molecule has 3 aromatic rings. The zero-order valence-corrected chi connectivity index (χ0v) is 15.7. The molecule has 0 N–H and O–H groups in total. The zero-order valence-electron chi connectivity index (χ0n) is 15.7. The molecular formula is C21H20FN3O3. The van der Waals surface area contributed by atoms with E-state index in [4.69, 9.17) is 9.26 Å². The second kappa shape index (κ2) is 7.42. The van der Waals surface area contributed by atoms with Crippen molar-refractivity contribution in [3.63, 3.8) is 0 Å². The van der Waals surface area contributed by atoms with Gasteiger partial charge in [0, 0.05) is 24.2 Å². The van der Waals surface area contributed by atoms with Crippen LogP contribution in [0.4, 0.5) is 10.1 Å². The van der Waals surface area contributed by atoms with E-state index in [1.807, 2.05) is 38.1 Å². The fourth-order valence-electron chi connectivity index (χ4n) is 3.36. The molecule has 0 aliphatic carbocycles. The number of carbonyl (C=O) groups excluding carboxylic acids is 1. The number of rotatable bonds is 5. The van der Waals surface area contributed by atoms with Gasteiger partial charge in [0.25, 0.3) is 0 Å². The Morgan fingerprint density at radius 2 is 2.04 bits per heavy atom. The van der Waals surface area contributed by atoms with E-state index in [0.717, 1.165) is 16.9 Å². The largest absolute Gasteiger partial charge is 0.494 e. The quantitative estimate of drug-likeness (QED) is 0.665.